The molecule has 1 rings (SSSR count). The summed E-state index contributed by atoms with van der Waals surface area (Å²) in [6, 6.07) is 6.41. The van der Waals surface area contributed by atoms with Crippen LogP contribution in [0.1, 0.15) is 19.4 Å². The van der Waals surface area contributed by atoms with E-state index in [2.05, 4.69) is 5.92 Å². The molecule has 0 heterocycles. The third-order valence-corrected chi connectivity index (χ3v) is 3.46. The van der Waals surface area contributed by atoms with Gasteiger partial charge >= 0.3 is 0 Å². The van der Waals surface area contributed by atoms with E-state index in [-0.39, 0.29) is 4.90 Å². The van der Waals surface area contributed by atoms with E-state index in [1.807, 2.05) is 6.92 Å². The van der Waals surface area contributed by atoms with Crippen molar-refractivity contribution in [2.75, 3.05) is 0 Å². The molecule has 0 aliphatic carbocycles. The van der Waals surface area contributed by atoms with Gasteiger partial charge in [0.15, 0.2) is 0 Å². The van der Waals surface area contributed by atoms with Crippen LogP contribution in [-0.2, 0) is 14.3 Å². The van der Waals surface area contributed by atoms with Gasteiger partial charge in [-0.05, 0) is 32.9 Å². The molecule has 1 aromatic rings. The maximum absolute atomic E-state index is 11.8. The van der Waals surface area contributed by atoms with E-state index in [0.29, 0.717) is 0 Å². The maximum atomic E-state index is 11.8. The summed E-state index contributed by atoms with van der Waals surface area (Å²) in [4.78, 5) is 0.112. The molecule has 0 amide bonds. The first-order chi connectivity index (χ1) is 7.27. The zero-order valence-electron chi connectivity index (χ0n) is 9.52. The molecule has 0 atom stereocenters. The fourth-order valence-corrected chi connectivity index (χ4v) is 2.21. The molecule has 1 aromatic carbocycles. The van der Waals surface area contributed by atoms with Gasteiger partial charge in [-0.1, -0.05) is 23.6 Å². The first-order valence-electron chi connectivity index (χ1n) is 4.77. The van der Waals surface area contributed by atoms with E-state index in [1.165, 1.54) is 26.0 Å². The predicted molar refractivity (Wildman–Crippen MR) is 62.4 cm³/mol. The average molecular weight is 238 g/mol. The lowest BCUT2D eigenvalue weighted by Gasteiger charge is -2.17. The lowest BCUT2D eigenvalue weighted by Crippen LogP contribution is -2.26. The van der Waals surface area contributed by atoms with Gasteiger partial charge in [0.05, 0.1) is 4.90 Å². The summed E-state index contributed by atoms with van der Waals surface area (Å²) in [5, 5.41) is 0. The second kappa shape index (κ2) is 4.28. The van der Waals surface area contributed by atoms with E-state index in [0.717, 1.165) is 5.56 Å². The minimum Gasteiger partial charge on any atom is -0.247 e. The molecule has 16 heavy (non-hydrogen) atoms. The Morgan fingerprint density at radius 3 is 2.19 bits per heavy atom. The third-order valence-electron chi connectivity index (χ3n) is 1.98. The monoisotopic (exact) mass is 238 g/mol. The van der Waals surface area contributed by atoms with Crippen molar-refractivity contribution in [3.8, 4) is 12.3 Å². The highest BCUT2D eigenvalue weighted by Gasteiger charge is 2.25. The topological polar surface area (TPSA) is 43.4 Å². The number of benzene rings is 1. The van der Waals surface area contributed by atoms with Gasteiger partial charge in [0.1, 0.15) is 5.60 Å². The highest BCUT2D eigenvalue weighted by Crippen LogP contribution is 2.19. The standard InChI is InChI=1S/C12H14O3S/c1-5-12(3,4)15-16(13,14)11-8-6-10(2)7-9-11/h1,6-9H,2-4H3. The highest BCUT2D eigenvalue weighted by atomic mass is 32.2. The Balaban J connectivity index is 3.05. The van der Waals surface area contributed by atoms with Crippen LogP contribution in [0.2, 0.25) is 0 Å². The summed E-state index contributed by atoms with van der Waals surface area (Å²) in [7, 11) is -3.79. The minimum absolute atomic E-state index is 0.112. The zero-order chi connectivity index (χ0) is 12.4. The largest absolute Gasteiger partial charge is 0.298 e. The normalized spacial score (nSPS) is 12.1. The molecule has 0 aliphatic rings. The summed E-state index contributed by atoms with van der Waals surface area (Å²) >= 11 is 0. The quantitative estimate of drug-likeness (QED) is 0.598. The zero-order valence-corrected chi connectivity index (χ0v) is 10.3. The van der Waals surface area contributed by atoms with Crippen molar-refractivity contribution in [1.29, 1.82) is 0 Å². The van der Waals surface area contributed by atoms with Crippen LogP contribution in [0.4, 0.5) is 0 Å². The van der Waals surface area contributed by atoms with Crippen LogP contribution < -0.4 is 0 Å². The fraction of sp³-hybridized carbons (Fsp3) is 0.333. The van der Waals surface area contributed by atoms with E-state index >= 15 is 0 Å². The molecule has 0 bridgehead atoms. The van der Waals surface area contributed by atoms with Crippen molar-refractivity contribution in [2.45, 2.75) is 31.3 Å². The van der Waals surface area contributed by atoms with Gasteiger partial charge in [-0.15, -0.1) is 6.42 Å². The average Bonchev–Trinajstić information content (AvgIpc) is 2.17. The van der Waals surface area contributed by atoms with Crippen LogP contribution in [0, 0.1) is 19.3 Å². The fourth-order valence-electron chi connectivity index (χ4n) is 1.05. The molecule has 0 N–H and O–H groups in total. The Kier molecular flexibility index (Phi) is 3.41. The van der Waals surface area contributed by atoms with Gasteiger partial charge in [0.2, 0.25) is 0 Å². The lowest BCUT2D eigenvalue weighted by molar-refractivity contribution is 0.181. The number of aryl methyl sites for hydroxylation is 1. The van der Waals surface area contributed by atoms with E-state index in [1.54, 1.807) is 12.1 Å². The molecule has 0 saturated carbocycles. The molecule has 0 fully saturated rings. The van der Waals surface area contributed by atoms with Crippen molar-refractivity contribution < 1.29 is 12.6 Å². The smallest absolute Gasteiger partial charge is 0.247 e. The molecule has 3 nitrogen and oxygen atoms in total. The van der Waals surface area contributed by atoms with Crippen molar-refractivity contribution >= 4 is 10.1 Å². The van der Waals surface area contributed by atoms with E-state index in [4.69, 9.17) is 10.6 Å². The molecule has 0 spiro atoms. The van der Waals surface area contributed by atoms with Gasteiger partial charge < -0.3 is 0 Å². The summed E-state index contributed by atoms with van der Waals surface area (Å²) in [5.41, 5.74) is -0.154. The molecule has 86 valence electrons. The predicted octanol–water partition coefficient (Wildman–Crippen LogP) is 2.11. The molecule has 0 saturated heterocycles. The third kappa shape index (κ3) is 3.09. The number of terminal acetylenes is 1. The summed E-state index contributed by atoms with van der Waals surface area (Å²) < 4.78 is 28.5. The summed E-state index contributed by atoms with van der Waals surface area (Å²) in [6.45, 7) is 4.93. The van der Waals surface area contributed by atoms with Gasteiger partial charge in [0.25, 0.3) is 10.1 Å². The molecule has 0 radical (unpaired) electrons. The van der Waals surface area contributed by atoms with Gasteiger partial charge in [-0.3, -0.25) is 0 Å². The Bertz CT molecular complexity index is 504. The Labute approximate surface area is 96.6 Å². The molecular weight excluding hydrogens is 224 g/mol. The van der Waals surface area contributed by atoms with Crippen molar-refractivity contribution in [1.82, 2.24) is 0 Å². The Morgan fingerprint density at radius 1 is 1.25 bits per heavy atom. The SMILES string of the molecule is C#CC(C)(C)OS(=O)(=O)c1ccc(C)cc1. The van der Waals surface area contributed by atoms with Gasteiger partial charge in [-0.2, -0.15) is 8.42 Å². The number of hydrogen-bond donors (Lipinski definition) is 0. The van der Waals surface area contributed by atoms with Crippen LogP contribution in [0.25, 0.3) is 0 Å². The van der Waals surface area contributed by atoms with Crippen LogP contribution in [0.15, 0.2) is 29.2 Å². The molecule has 0 aromatic heterocycles. The van der Waals surface area contributed by atoms with Crippen LogP contribution in [-0.4, -0.2) is 14.0 Å². The summed E-state index contributed by atoms with van der Waals surface area (Å²) in [5.74, 6) is 2.28. The van der Waals surface area contributed by atoms with Crippen molar-refractivity contribution in [3.05, 3.63) is 29.8 Å². The lowest BCUT2D eigenvalue weighted by atomic mass is 10.2. The molecule has 0 unspecified atom stereocenters. The molecule has 4 heteroatoms. The van der Waals surface area contributed by atoms with Crippen LogP contribution >= 0.6 is 0 Å². The van der Waals surface area contributed by atoms with Gasteiger partial charge in [0, 0.05) is 0 Å². The van der Waals surface area contributed by atoms with E-state index < -0.39 is 15.7 Å². The second-order valence-electron chi connectivity index (χ2n) is 4.01. The highest BCUT2D eigenvalue weighted by molar-refractivity contribution is 7.86. The van der Waals surface area contributed by atoms with Crippen LogP contribution in [0.5, 0.6) is 0 Å². The summed E-state index contributed by atoms with van der Waals surface area (Å²) in [6.07, 6.45) is 5.18. The van der Waals surface area contributed by atoms with E-state index in [9.17, 15) is 8.42 Å². The minimum atomic E-state index is -3.79. The number of rotatable bonds is 3. The first-order valence-corrected chi connectivity index (χ1v) is 6.18. The molecular formula is C12H14O3S. The van der Waals surface area contributed by atoms with Crippen molar-refractivity contribution in [3.63, 3.8) is 0 Å². The second-order valence-corrected chi connectivity index (χ2v) is 5.55. The Hall–Kier alpha value is -1.31. The van der Waals surface area contributed by atoms with Gasteiger partial charge in [-0.25, -0.2) is 4.18 Å². The van der Waals surface area contributed by atoms with Crippen molar-refractivity contribution in [2.24, 2.45) is 0 Å². The maximum Gasteiger partial charge on any atom is 0.298 e. The molecule has 0 aliphatic heterocycles. The number of hydrogen-bond acceptors (Lipinski definition) is 3. The van der Waals surface area contributed by atoms with Crippen LogP contribution in [0.3, 0.4) is 0 Å². The Morgan fingerprint density at radius 2 is 1.75 bits per heavy atom. The first kappa shape index (κ1) is 12.8.